The van der Waals surface area contributed by atoms with Crippen molar-refractivity contribution in [1.29, 1.82) is 0 Å². The van der Waals surface area contributed by atoms with Crippen LogP contribution in [-0.2, 0) is 13.5 Å². The predicted molar refractivity (Wildman–Crippen MR) is 105 cm³/mol. The average molecular weight is 377 g/mol. The SMILES string of the molecule is Cn1cnc(C(=O)NC(Cc2cc(=O)[nH]c(C3CCC3)n2)c2ccccc2)c1. The van der Waals surface area contributed by atoms with E-state index in [0.717, 1.165) is 24.2 Å². The summed E-state index contributed by atoms with van der Waals surface area (Å²) in [6.45, 7) is 0. The van der Waals surface area contributed by atoms with E-state index >= 15 is 0 Å². The minimum Gasteiger partial charge on any atom is -0.343 e. The van der Waals surface area contributed by atoms with Gasteiger partial charge < -0.3 is 14.9 Å². The third-order valence-electron chi connectivity index (χ3n) is 5.16. The quantitative estimate of drug-likeness (QED) is 0.690. The first-order chi connectivity index (χ1) is 13.6. The lowest BCUT2D eigenvalue weighted by molar-refractivity contribution is 0.0931. The van der Waals surface area contributed by atoms with E-state index in [9.17, 15) is 9.59 Å². The molecule has 2 aromatic heterocycles. The number of benzene rings is 1. The fourth-order valence-corrected chi connectivity index (χ4v) is 3.42. The molecular formula is C21H23N5O2. The second-order valence-corrected chi connectivity index (χ2v) is 7.32. The molecular weight excluding hydrogens is 354 g/mol. The van der Waals surface area contributed by atoms with Gasteiger partial charge in [-0.2, -0.15) is 0 Å². The molecule has 3 aromatic rings. The number of aryl methyl sites for hydroxylation is 1. The molecule has 1 saturated carbocycles. The number of nitrogens with one attached hydrogen (secondary N) is 2. The number of rotatable bonds is 6. The Labute approximate surface area is 162 Å². The molecule has 4 rings (SSSR count). The highest BCUT2D eigenvalue weighted by molar-refractivity contribution is 5.92. The molecule has 0 aliphatic heterocycles. The number of aromatic nitrogens is 4. The van der Waals surface area contributed by atoms with Gasteiger partial charge in [-0.25, -0.2) is 9.97 Å². The number of carbonyl (C=O) groups is 1. The molecule has 2 N–H and O–H groups in total. The average Bonchev–Trinajstić information content (AvgIpc) is 3.06. The van der Waals surface area contributed by atoms with Crippen LogP contribution in [0.2, 0.25) is 0 Å². The van der Waals surface area contributed by atoms with Crippen molar-refractivity contribution in [2.75, 3.05) is 0 Å². The number of hydrogen-bond donors (Lipinski definition) is 2. The smallest absolute Gasteiger partial charge is 0.271 e. The Morgan fingerprint density at radius 1 is 1.32 bits per heavy atom. The van der Waals surface area contributed by atoms with Crippen molar-refractivity contribution in [3.05, 3.63) is 82.1 Å². The maximum absolute atomic E-state index is 12.7. The first kappa shape index (κ1) is 18.2. The second kappa shape index (κ2) is 7.80. The van der Waals surface area contributed by atoms with Gasteiger partial charge in [0.15, 0.2) is 0 Å². The predicted octanol–water partition coefficient (Wildman–Crippen LogP) is 2.48. The Balaban J connectivity index is 1.60. The largest absolute Gasteiger partial charge is 0.343 e. The molecule has 7 heteroatoms. The molecule has 0 spiro atoms. The van der Waals surface area contributed by atoms with Gasteiger partial charge in [0.05, 0.1) is 18.1 Å². The second-order valence-electron chi connectivity index (χ2n) is 7.32. The molecule has 1 amide bonds. The highest BCUT2D eigenvalue weighted by atomic mass is 16.2. The summed E-state index contributed by atoms with van der Waals surface area (Å²) in [4.78, 5) is 36.4. The van der Waals surface area contributed by atoms with Crippen LogP contribution < -0.4 is 10.9 Å². The summed E-state index contributed by atoms with van der Waals surface area (Å²) in [6.07, 6.45) is 7.00. The van der Waals surface area contributed by atoms with Gasteiger partial charge in [0.1, 0.15) is 11.5 Å². The summed E-state index contributed by atoms with van der Waals surface area (Å²) in [5.41, 5.74) is 1.85. The molecule has 1 atom stereocenters. The number of hydrogen-bond acceptors (Lipinski definition) is 4. The van der Waals surface area contributed by atoms with Crippen molar-refractivity contribution in [2.24, 2.45) is 7.05 Å². The Bertz CT molecular complexity index is 1020. The molecule has 0 bridgehead atoms. The van der Waals surface area contributed by atoms with Crippen molar-refractivity contribution in [1.82, 2.24) is 24.8 Å². The monoisotopic (exact) mass is 377 g/mol. The van der Waals surface area contributed by atoms with Crippen molar-refractivity contribution in [3.63, 3.8) is 0 Å². The normalized spacial score (nSPS) is 15.0. The third-order valence-corrected chi connectivity index (χ3v) is 5.16. The van der Waals surface area contributed by atoms with Crippen LogP contribution in [0, 0.1) is 0 Å². The van der Waals surface area contributed by atoms with Crippen LogP contribution >= 0.6 is 0 Å². The van der Waals surface area contributed by atoms with E-state index in [1.807, 2.05) is 37.4 Å². The van der Waals surface area contributed by atoms with Gasteiger partial charge in [-0.15, -0.1) is 0 Å². The molecule has 0 saturated heterocycles. The van der Waals surface area contributed by atoms with Crippen LogP contribution in [0.25, 0.3) is 0 Å². The molecule has 1 aliphatic rings. The van der Waals surface area contributed by atoms with Crippen molar-refractivity contribution in [3.8, 4) is 0 Å². The summed E-state index contributed by atoms with van der Waals surface area (Å²) in [6, 6.07) is 10.9. The summed E-state index contributed by atoms with van der Waals surface area (Å²) >= 11 is 0. The van der Waals surface area contributed by atoms with Crippen LogP contribution in [0.5, 0.6) is 0 Å². The highest BCUT2D eigenvalue weighted by Crippen LogP contribution is 2.34. The molecule has 1 fully saturated rings. The highest BCUT2D eigenvalue weighted by Gasteiger charge is 2.23. The Morgan fingerprint density at radius 3 is 2.75 bits per heavy atom. The van der Waals surface area contributed by atoms with Crippen LogP contribution in [0.1, 0.15) is 58.8 Å². The van der Waals surface area contributed by atoms with E-state index in [1.165, 1.54) is 12.5 Å². The first-order valence-corrected chi connectivity index (χ1v) is 9.52. The molecule has 1 unspecified atom stereocenters. The Hall–Kier alpha value is -3.22. The van der Waals surface area contributed by atoms with Crippen LogP contribution in [0.3, 0.4) is 0 Å². The minimum atomic E-state index is -0.306. The molecule has 2 heterocycles. The lowest BCUT2D eigenvalue weighted by Crippen LogP contribution is -2.31. The number of carbonyl (C=O) groups excluding carboxylic acids is 1. The van der Waals surface area contributed by atoms with Gasteiger partial charge >= 0.3 is 0 Å². The van der Waals surface area contributed by atoms with Gasteiger partial charge in [0, 0.05) is 31.6 Å². The van der Waals surface area contributed by atoms with E-state index in [-0.39, 0.29) is 17.5 Å². The zero-order chi connectivity index (χ0) is 19.5. The zero-order valence-corrected chi connectivity index (χ0v) is 15.8. The Morgan fingerprint density at radius 2 is 2.11 bits per heavy atom. The maximum Gasteiger partial charge on any atom is 0.271 e. The van der Waals surface area contributed by atoms with E-state index in [4.69, 9.17) is 0 Å². The molecule has 1 aromatic carbocycles. The van der Waals surface area contributed by atoms with Crippen molar-refractivity contribution >= 4 is 5.91 Å². The van der Waals surface area contributed by atoms with Crippen LogP contribution in [0.4, 0.5) is 0 Å². The number of H-pyrrole nitrogens is 1. The number of imidazole rings is 1. The first-order valence-electron chi connectivity index (χ1n) is 9.52. The fraction of sp³-hybridized carbons (Fsp3) is 0.333. The molecule has 1 aliphatic carbocycles. The molecule has 28 heavy (non-hydrogen) atoms. The van der Waals surface area contributed by atoms with Gasteiger partial charge in [-0.1, -0.05) is 36.8 Å². The van der Waals surface area contributed by atoms with E-state index in [1.54, 1.807) is 17.1 Å². The fourth-order valence-electron chi connectivity index (χ4n) is 3.42. The van der Waals surface area contributed by atoms with Gasteiger partial charge in [0.2, 0.25) is 0 Å². The maximum atomic E-state index is 12.7. The van der Waals surface area contributed by atoms with Crippen molar-refractivity contribution < 1.29 is 4.79 Å². The van der Waals surface area contributed by atoms with Crippen molar-refractivity contribution in [2.45, 2.75) is 37.6 Å². The van der Waals surface area contributed by atoms with E-state index in [2.05, 4.69) is 20.3 Å². The van der Waals surface area contributed by atoms with E-state index < -0.39 is 0 Å². The molecule has 0 radical (unpaired) electrons. The lowest BCUT2D eigenvalue weighted by atomic mass is 9.85. The summed E-state index contributed by atoms with van der Waals surface area (Å²) in [7, 11) is 1.82. The van der Waals surface area contributed by atoms with Crippen LogP contribution in [0.15, 0.2) is 53.7 Å². The number of amides is 1. The number of aromatic amines is 1. The van der Waals surface area contributed by atoms with Gasteiger partial charge in [-0.3, -0.25) is 9.59 Å². The standard InChI is InChI=1S/C21H23N5O2/c1-26-12-18(22-13-26)21(28)24-17(14-6-3-2-4-7-14)10-16-11-19(27)25-20(23-16)15-8-5-9-15/h2-4,6-7,11-13,15,17H,5,8-10H2,1H3,(H,24,28)(H,23,25,27). The number of nitrogens with zero attached hydrogens (tertiary/aromatic N) is 3. The zero-order valence-electron chi connectivity index (χ0n) is 15.8. The lowest BCUT2D eigenvalue weighted by Gasteiger charge is -2.25. The third kappa shape index (κ3) is 4.03. The van der Waals surface area contributed by atoms with Gasteiger partial charge in [-0.05, 0) is 18.4 Å². The topological polar surface area (TPSA) is 92.7 Å². The minimum absolute atomic E-state index is 0.144. The summed E-state index contributed by atoms with van der Waals surface area (Å²) < 4.78 is 1.73. The van der Waals surface area contributed by atoms with Crippen LogP contribution in [-0.4, -0.2) is 25.4 Å². The van der Waals surface area contributed by atoms with E-state index in [0.29, 0.717) is 23.7 Å². The summed E-state index contributed by atoms with van der Waals surface area (Å²) in [5, 5.41) is 3.04. The molecule has 144 valence electrons. The van der Waals surface area contributed by atoms with Gasteiger partial charge in [0.25, 0.3) is 11.5 Å². The summed E-state index contributed by atoms with van der Waals surface area (Å²) in [5.74, 6) is 0.848. The Kier molecular flexibility index (Phi) is 5.06. The molecule has 7 nitrogen and oxygen atoms in total.